The number of allylic oxidation sites excluding steroid dienone is 2. The van der Waals surface area contributed by atoms with E-state index in [0.717, 1.165) is 0 Å². The maximum absolute atomic E-state index is 11.3. The van der Waals surface area contributed by atoms with Crippen LogP contribution in [0.2, 0.25) is 18.6 Å². The Hall–Kier alpha value is -1.35. The molecule has 0 spiro atoms. The van der Waals surface area contributed by atoms with Gasteiger partial charge in [-0.3, -0.25) is 4.79 Å². The lowest BCUT2D eigenvalue weighted by Gasteiger charge is -2.33. The summed E-state index contributed by atoms with van der Waals surface area (Å²) in [6.07, 6.45) is 4.04. The summed E-state index contributed by atoms with van der Waals surface area (Å²) in [7, 11) is -1.82. The van der Waals surface area contributed by atoms with Crippen molar-refractivity contribution in [2.24, 2.45) is 5.92 Å². The minimum atomic E-state index is -1.82. The number of carboxylic acids is 1. The van der Waals surface area contributed by atoms with Crippen molar-refractivity contribution in [3.05, 3.63) is 42.5 Å². The maximum atomic E-state index is 11.3. The lowest BCUT2D eigenvalue weighted by atomic mass is 10.1. The maximum Gasteiger partial charge on any atom is 0.306 e. The molecule has 98 valence electrons. The highest BCUT2D eigenvalue weighted by Gasteiger charge is 2.37. The van der Waals surface area contributed by atoms with E-state index >= 15 is 0 Å². The molecular weight excluding hydrogens is 240 g/mol. The fourth-order valence-corrected chi connectivity index (χ4v) is 5.96. The van der Waals surface area contributed by atoms with Crippen molar-refractivity contribution < 1.29 is 9.90 Å². The van der Waals surface area contributed by atoms with Gasteiger partial charge < -0.3 is 5.11 Å². The molecule has 1 N–H and O–H groups in total. The van der Waals surface area contributed by atoms with E-state index < -0.39 is 14.0 Å². The summed E-state index contributed by atoms with van der Waals surface area (Å²) in [6.45, 7) is 8.25. The topological polar surface area (TPSA) is 37.3 Å². The van der Waals surface area contributed by atoms with Gasteiger partial charge in [0.1, 0.15) is 0 Å². The van der Waals surface area contributed by atoms with Crippen LogP contribution in [0, 0.1) is 5.92 Å². The summed E-state index contributed by atoms with van der Waals surface area (Å²) in [5.74, 6) is -1.06. The van der Waals surface area contributed by atoms with E-state index in [1.165, 1.54) is 5.19 Å². The van der Waals surface area contributed by atoms with Gasteiger partial charge in [-0.15, -0.1) is 0 Å². The van der Waals surface area contributed by atoms with Crippen LogP contribution in [0.3, 0.4) is 0 Å². The monoisotopic (exact) mass is 262 g/mol. The Labute approximate surface area is 110 Å². The second-order valence-corrected chi connectivity index (χ2v) is 9.95. The Kier molecular flexibility index (Phi) is 4.90. The summed E-state index contributed by atoms with van der Waals surface area (Å²) in [4.78, 5) is 11.3. The fraction of sp³-hybridized carbons (Fsp3) is 0.400. The number of benzene rings is 1. The van der Waals surface area contributed by atoms with Crippen LogP contribution in [0.5, 0.6) is 0 Å². The molecule has 0 saturated carbocycles. The van der Waals surface area contributed by atoms with E-state index in [4.69, 9.17) is 0 Å². The molecule has 0 aromatic heterocycles. The van der Waals surface area contributed by atoms with E-state index in [2.05, 4.69) is 31.3 Å². The smallest absolute Gasteiger partial charge is 0.306 e. The van der Waals surface area contributed by atoms with Gasteiger partial charge in [0.25, 0.3) is 0 Å². The molecule has 0 aliphatic carbocycles. The van der Waals surface area contributed by atoms with Crippen LogP contribution in [0.1, 0.15) is 13.8 Å². The molecule has 0 saturated heterocycles. The molecule has 1 aromatic rings. The average Bonchev–Trinajstić information content (AvgIpc) is 2.36. The first-order chi connectivity index (χ1) is 8.41. The highest BCUT2D eigenvalue weighted by molar-refractivity contribution is 6.91. The molecule has 0 unspecified atom stereocenters. The van der Waals surface area contributed by atoms with E-state index in [0.29, 0.717) is 0 Å². The zero-order valence-corrected chi connectivity index (χ0v) is 12.6. The Balaban J connectivity index is 3.16. The summed E-state index contributed by atoms with van der Waals surface area (Å²) in [5, 5.41) is 10.6. The van der Waals surface area contributed by atoms with Gasteiger partial charge in [0.05, 0.1) is 14.0 Å². The third-order valence-corrected chi connectivity index (χ3v) is 7.86. The molecule has 0 aliphatic rings. The van der Waals surface area contributed by atoms with Crippen LogP contribution < -0.4 is 5.19 Å². The molecule has 0 heterocycles. The molecule has 0 radical (unpaired) electrons. The van der Waals surface area contributed by atoms with Crippen LogP contribution >= 0.6 is 0 Å². The first-order valence-electron chi connectivity index (χ1n) is 6.32. The predicted molar refractivity (Wildman–Crippen MR) is 78.9 cm³/mol. The third kappa shape index (κ3) is 3.10. The van der Waals surface area contributed by atoms with E-state index in [1.807, 2.05) is 38.1 Å². The van der Waals surface area contributed by atoms with Gasteiger partial charge >= 0.3 is 5.97 Å². The zero-order valence-electron chi connectivity index (χ0n) is 11.6. The zero-order chi connectivity index (χ0) is 13.8. The van der Waals surface area contributed by atoms with Gasteiger partial charge in [-0.1, -0.05) is 67.7 Å². The van der Waals surface area contributed by atoms with Crippen LogP contribution in [0.25, 0.3) is 0 Å². The number of carbonyl (C=O) groups is 1. The third-order valence-electron chi connectivity index (χ3n) is 3.68. The van der Waals surface area contributed by atoms with Gasteiger partial charge in [0, 0.05) is 0 Å². The highest BCUT2D eigenvalue weighted by atomic mass is 28.3. The Morgan fingerprint density at radius 1 is 1.28 bits per heavy atom. The molecule has 3 heteroatoms. The fourth-order valence-electron chi connectivity index (χ4n) is 2.45. The SMILES string of the molecule is C/C=C/[C@H]([C@@H](C)C(=O)O)[Si](C)(C)c1ccccc1. The van der Waals surface area contributed by atoms with Crippen molar-refractivity contribution in [2.45, 2.75) is 32.5 Å². The van der Waals surface area contributed by atoms with Crippen molar-refractivity contribution in [1.82, 2.24) is 0 Å². The molecular formula is C15H22O2Si. The van der Waals surface area contributed by atoms with Crippen LogP contribution in [-0.4, -0.2) is 19.1 Å². The van der Waals surface area contributed by atoms with Gasteiger partial charge in [-0.2, -0.15) is 0 Å². The lowest BCUT2D eigenvalue weighted by Crippen LogP contribution is -2.48. The Bertz CT molecular complexity index is 423. The molecule has 0 aliphatic heterocycles. The number of hydrogen-bond donors (Lipinski definition) is 1. The molecule has 18 heavy (non-hydrogen) atoms. The molecule has 2 nitrogen and oxygen atoms in total. The summed E-state index contributed by atoms with van der Waals surface area (Å²) in [5.41, 5.74) is 0.113. The Morgan fingerprint density at radius 2 is 1.83 bits per heavy atom. The van der Waals surface area contributed by atoms with E-state index in [1.54, 1.807) is 0 Å². The largest absolute Gasteiger partial charge is 0.481 e. The first kappa shape index (κ1) is 14.7. The van der Waals surface area contributed by atoms with Gasteiger partial charge in [-0.05, 0) is 12.5 Å². The second kappa shape index (κ2) is 6.00. The van der Waals surface area contributed by atoms with Crippen molar-refractivity contribution in [3.8, 4) is 0 Å². The number of hydrogen-bond acceptors (Lipinski definition) is 1. The number of aliphatic carboxylic acids is 1. The summed E-state index contributed by atoms with van der Waals surface area (Å²) >= 11 is 0. The lowest BCUT2D eigenvalue weighted by molar-refractivity contribution is -0.141. The molecule has 1 rings (SSSR count). The minimum absolute atomic E-state index is 0.113. The van der Waals surface area contributed by atoms with E-state index in [-0.39, 0.29) is 11.5 Å². The van der Waals surface area contributed by atoms with Gasteiger partial charge in [-0.25, -0.2) is 0 Å². The van der Waals surface area contributed by atoms with Gasteiger partial charge in [0.15, 0.2) is 0 Å². The average molecular weight is 262 g/mol. The minimum Gasteiger partial charge on any atom is -0.481 e. The summed E-state index contributed by atoms with van der Waals surface area (Å²) in [6, 6.07) is 10.3. The molecule has 1 aromatic carbocycles. The van der Waals surface area contributed by atoms with Gasteiger partial charge in [0.2, 0.25) is 0 Å². The normalized spacial score (nSPS) is 15.6. The second-order valence-electron chi connectivity index (χ2n) is 5.27. The standard InChI is InChI=1S/C15H22O2Si/c1-5-9-14(12(2)15(16)17)18(3,4)13-10-7-6-8-11-13/h5-12,14H,1-4H3,(H,16,17)/b9-5+/t12-,14-/m1/s1. The van der Waals surface area contributed by atoms with Crippen LogP contribution in [-0.2, 0) is 4.79 Å². The number of carboxylic acid groups (broad SMARTS) is 1. The molecule has 2 atom stereocenters. The van der Waals surface area contributed by atoms with Crippen molar-refractivity contribution in [1.29, 1.82) is 0 Å². The van der Waals surface area contributed by atoms with Crippen LogP contribution in [0.4, 0.5) is 0 Å². The molecule has 0 bridgehead atoms. The van der Waals surface area contributed by atoms with E-state index in [9.17, 15) is 9.90 Å². The number of rotatable bonds is 5. The summed E-state index contributed by atoms with van der Waals surface area (Å²) < 4.78 is 0. The Morgan fingerprint density at radius 3 is 2.28 bits per heavy atom. The quantitative estimate of drug-likeness (QED) is 0.653. The highest BCUT2D eigenvalue weighted by Crippen LogP contribution is 2.31. The van der Waals surface area contributed by atoms with Crippen LogP contribution in [0.15, 0.2) is 42.5 Å². The van der Waals surface area contributed by atoms with Crippen molar-refractivity contribution in [2.75, 3.05) is 0 Å². The molecule has 0 fully saturated rings. The molecule has 0 amide bonds. The predicted octanol–water partition coefficient (Wildman–Crippen LogP) is 3.27. The van der Waals surface area contributed by atoms with Crippen molar-refractivity contribution >= 4 is 19.2 Å². The first-order valence-corrected chi connectivity index (χ1v) is 9.40. The van der Waals surface area contributed by atoms with Crippen molar-refractivity contribution in [3.63, 3.8) is 0 Å².